The largest absolute Gasteiger partial charge is 0.494 e. The summed E-state index contributed by atoms with van der Waals surface area (Å²) in [7, 11) is -1.54. The maximum atomic E-state index is 13.4. The molecule has 0 atom stereocenters. The highest BCUT2D eigenvalue weighted by Crippen LogP contribution is 2.43. The lowest BCUT2D eigenvalue weighted by Crippen LogP contribution is -2.41. The van der Waals surface area contributed by atoms with Crippen LogP contribution in [0.1, 0.15) is 83.1 Å². The van der Waals surface area contributed by atoms with Gasteiger partial charge in [0.15, 0.2) is 11.6 Å². The topological polar surface area (TPSA) is 55.4 Å². The Bertz CT molecular complexity index is 1320. The van der Waals surface area contributed by atoms with Crippen LogP contribution in [-0.2, 0) is 27.9 Å². The molecule has 3 aliphatic rings. The normalized spacial score (nSPS) is 23.1. The molecule has 0 aliphatic carbocycles. The zero-order chi connectivity index (χ0) is 35.4. The maximum absolute atomic E-state index is 13.4. The van der Waals surface area contributed by atoms with E-state index in [0.29, 0.717) is 9.94 Å². The van der Waals surface area contributed by atoms with E-state index in [1.807, 2.05) is 83.1 Å². The number of halogens is 7. The smallest absolute Gasteiger partial charge is 0.405 e. The molecule has 0 aromatic heterocycles. The minimum absolute atomic E-state index is 0.0272. The highest BCUT2D eigenvalue weighted by atomic mass is 79.9. The van der Waals surface area contributed by atoms with Crippen LogP contribution in [0.3, 0.4) is 0 Å². The summed E-state index contributed by atoms with van der Waals surface area (Å²) in [6.07, 6.45) is 0. The van der Waals surface area contributed by atoms with Gasteiger partial charge in [-0.3, -0.25) is 0 Å². The molecule has 3 heterocycles. The van der Waals surface area contributed by atoms with Crippen LogP contribution < -0.4 is 5.46 Å². The molecule has 0 unspecified atom stereocenters. The summed E-state index contributed by atoms with van der Waals surface area (Å²) in [5.74, 6) is -1.20. The third-order valence-electron chi connectivity index (χ3n) is 9.25. The molecule has 0 N–H and O–H groups in total. The van der Waals surface area contributed by atoms with Gasteiger partial charge in [-0.25, -0.2) is 8.78 Å². The quantitative estimate of drug-likeness (QED) is 0.172. The van der Waals surface area contributed by atoms with Gasteiger partial charge in [-0.05, 0) is 113 Å². The molecular weight excluding hydrogens is 748 g/mol. The number of hydrogen-bond donors (Lipinski definition) is 0. The highest BCUT2D eigenvalue weighted by molar-refractivity contribution is 9.10. The third kappa shape index (κ3) is 8.60. The Kier molecular flexibility index (Phi) is 12.2. The molecule has 0 saturated carbocycles. The second-order valence-electron chi connectivity index (χ2n) is 14.3. The second kappa shape index (κ2) is 13.9. The predicted octanol–water partition coefficient (Wildman–Crippen LogP) is 9.58. The summed E-state index contributed by atoms with van der Waals surface area (Å²) in [5, 5.41) is -0.0156. The molecule has 0 bridgehead atoms. The zero-order valence-electron chi connectivity index (χ0n) is 28.1. The molecule has 3 aliphatic heterocycles. The first kappa shape index (κ1) is 40.3. The maximum Gasteiger partial charge on any atom is 0.494 e. The average molecular weight is 789 g/mol. The van der Waals surface area contributed by atoms with E-state index in [9.17, 15) is 8.78 Å². The van der Waals surface area contributed by atoms with E-state index >= 15 is 0 Å². The van der Waals surface area contributed by atoms with Gasteiger partial charge in [-0.2, -0.15) is 0 Å². The van der Waals surface area contributed by atoms with Gasteiger partial charge < -0.3 is 27.9 Å². The Balaban J connectivity index is 0.000000196. The van der Waals surface area contributed by atoms with Crippen molar-refractivity contribution in [3.8, 4) is 0 Å². The van der Waals surface area contributed by atoms with Gasteiger partial charge in [-0.15, -0.1) is 0 Å². The zero-order valence-corrected chi connectivity index (χ0v) is 32.7. The van der Waals surface area contributed by atoms with E-state index < -0.39 is 44.0 Å². The monoisotopic (exact) mass is 786 g/mol. The van der Waals surface area contributed by atoms with Crippen molar-refractivity contribution in [1.82, 2.24) is 0 Å². The Labute approximate surface area is 301 Å². The minimum atomic E-state index is -0.626. The molecule has 16 heteroatoms. The molecule has 2 aromatic rings. The summed E-state index contributed by atoms with van der Waals surface area (Å²) in [4.78, 5) is 0. The van der Waals surface area contributed by atoms with Crippen LogP contribution in [-0.4, -0.2) is 54.7 Å². The van der Waals surface area contributed by atoms with Crippen molar-refractivity contribution in [2.45, 2.75) is 117 Å². The standard InChI is InChI=1S/C12H24B2O4.C12H14BCl2FO2.C6H2BrCl2F/c1-9(2)10(3,4)16-13(15-9)14-17-11(5,6)12(7,8)18-14;1-11(2)12(3,4)18-13(17-11)7-5-8(14)10(16)9(15)6-7;7-3-1-4(8)6(10)5(9)2-3/h1-8H3;5-6H,1-4H3;1-2H. The van der Waals surface area contributed by atoms with Crippen LogP contribution in [0.15, 0.2) is 28.7 Å². The first-order chi connectivity index (χ1) is 20.6. The van der Waals surface area contributed by atoms with Gasteiger partial charge in [-0.1, -0.05) is 62.3 Å². The average Bonchev–Trinajstić information content (AvgIpc) is 3.35. The van der Waals surface area contributed by atoms with Crippen LogP contribution in [0.2, 0.25) is 20.1 Å². The van der Waals surface area contributed by atoms with Crippen molar-refractivity contribution in [2.75, 3.05) is 0 Å². The SMILES string of the molecule is CC1(C)OB(B2OC(C)(C)C(C)(C)O2)OC1(C)C.CC1(C)OB(c2cc(Cl)c(F)c(Cl)c2)OC1(C)C.Fc1c(Cl)cc(Br)cc1Cl. The lowest BCUT2D eigenvalue weighted by Gasteiger charge is -2.32. The van der Waals surface area contributed by atoms with Crippen LogP contribution in [0.4, 0.5) is 8.78 Å². The van der Waals surface area contributed by atoms with E-state index in [4.69, 9.17) is 74.3 Å². The molecule has 6 nitrogen and oxygen atoms in total. The Morgan fingerprint density at radius 2 is 0.717 bits per heavy atom. The fourth-order valence-electron chi connectivity index (χ4n) is 4.21. The van der Waals surface area contributed by atoms with Crippen LogP contribution >= 0.6 is 62.3 Å². The lowest BCUT2D eigenvalue weighted by molar-refractivity contribution is 0.00578. The number of benzene rings is 2. The van der Waals surface area contributed by atoms with Crippen molar-refractivity contribution in [1.29, 1.82) is 0 Å². The fourth-order valence-corrected chi connectivity index (χ4v) is 5.93. The van der Waals surface area contributed by atoms with Gasteiger partial charge in [0.1, 0.15) is 0 Å². The van der Waals surface area contributed by atoms with E-state index in [0.717, 1.165) is 0 Å². The molecule has 46 heavy (non-hydrogen) atoms. The van der Waals surface area contributed by atoms with Crippen molar-refractivity contribution in [3.05, 3.63) is 60.5 Å². The van der Waals surface area contributed by atoms with Gasteiger partial charge in [0.2, 0.25) is 0 Å². The molecule has 0 amide bonds. The summed E-state index contributed by atoms with van der Waals surface area (Å²) < 4.78 is 62.2. The Morgan fingerprint density at radius 3 is 1.00 bits per heavy atom. The molecule has 0 spiro atoms. The predicted molar refractivity (Wildman–Crippen MR) is 188 cm³/mol. The minimum Gasteiger partial charge on any atom is -0.405 e. The number of rotatable bonds is 2. The van der Waals surface area contributed by atoms with E-state index in [2.05, 4.69) is 15.9 Å². The molecule has 3 saturated heterocycles. The first-order valence-electron chi connectivity index (χ1n) is 14.6. The molecule has 2 aromatic carbocycles. The van der Waals surface area contributed by atoms with E-state index in [1.165, 1.54) is 24.3 Å². The second-order valence-corrected chi connectivity index (χ2v) is 16.9. The summed E-state index contributed by atoms with van der Waals surface area (Å²) in [6.45, 7) is 24.0. The third-order valence-corrected chi connectivity index (χ3v) is 10.8. The van der Waals surface area contributed by atoms with Crippen molar-refractivity contribution >= 4 is 88.9 Å². The van der Waals surface area contributed by atoms with Crippen molar-refractivity contribution in [2.24, 2.45) is 0 Å². The first-order valence-corrected chi connectivity index (χ1v) is 16.9. The Morgan fingerprint density at radius 1 is 0.478 bits per heavy atom. The molecule has 0 radical (unpaired) electrons. The lowest BCUT2D eigenvalue weighted by atomic mass is 9.49. The van der Waals surface area contributed by atoms with Crippen LogP contribution in [0.5, 0.6) is 0 Å². The van der Waals surface area contributed by atoms with Gasteiger partial charge in [0, 0.05) is 4.47 Å². The number of hydrogen-bond acceptors (Lipinski definition) is 6. The molecular formula is C30H40B3BrCl4F2O6. The van der Waals surface area contributed by atoms with Gasteiger partial charge >= 0.3 is 21.1 Å². The van der Waals surface area contributed by atoms with Crippen LogP contribution in [0.25, 0.3) is 0 Å². The van der Waals surface area contributed by atoms with Crippen molar-refractivity contribution < 1.29 is 36.7 Å². The van der Waals surface area contributed by atoms with Gasteiger partial charge in [0.05, 0.1) is 53.7 Å². The molecule has 3 fully saturated rings. The molecule has 5 rings (SSSR count). The van der Waals surface area contributed by atoms with Gasteiger partial charge in [0.25, 0.3) is 0 Å². The highest BCUT2D eigenvalue weighted by Gasteiger charge is 2.63. The summed E-state index contributed by atoms with van der Waals surface area (Å²) in [6, 6.07) is 5.85. The summed E-state index contributed by atoms with van der Waals surface area (Å²) >= 11 is 25.5. The summed E-state index contributed by atoms with van der Waals surface area (Å²) in [5.41, 5.74) is -1.73. The van der Waals surface area contributed by atoms with E-state index in [1.54, 1.807) is 0 Å². The van der Waals surface area contributed by atoms with Crippen LogP contribution in [0, 0.1) is 11.6 Å². The Hall–Kier alpha value is -0.105. The van der Waals surface area contributed by atoms with E-state index in [-0.39, 0.29) is 42.5 Å². The fraction of sp³-hybridized carbons (Fsp3) is 0.600. The molecule has 254 valence electrons. The van der Waals surface area contributed by atoms with Crippen molar-refractivity contribution in [3.63, 3.8) is 0 Å².